The third-order valence-electron chi connectivity index (χ3n) is 4.90. The van der Waals surface area contributed by atoms with Gasteiger partial charge in [-0.15, -0.1) is 0 Å². The molecule has 3 rings (SSSR count). The van der Waals surface area contributed by atoms with Crippen LogP contribution in [0.15, 0.2) is 29.3 Å². The van der Waals surface area contributed by atoms with E-state index >= 15 is 0 Å². The van der Waals surface area contributed by atoms with Gasteiger partial charge in [-0.2, -0.15) is 0 Å². The summed E-state index contributed by atoms with van der Waals surface area (Å²) in [6.45, 7) is 0.425. The van der Waals surface area contributed by atoms with Crippen molar-refractivity contribution in [3.8, 4) is 0 Å². The monoisotopic (exact) mass is 378 g/mol. The molecule has 1 aromatic rings. The van der Waals surface area contributed by atoms with Gasteiger partial charge >= 0.3 is 6.03 Å². The number of carbonyl (C=O) groups excluding carboxylic acids is 2. The highest BCUT2D eigenvalue weighted by atomic mass is 35.5. The lowest BCUT2D eigenvalue weighted by Gasteiger charge is -2.42. The van der Waals surface area contributed by atoms with Crippen LogP contribution in [0.2, 0.25) is 5.02 Å². The third-order valence-corrected chi connectivity index (χ3v) is 5.23. The number of benzene rings is 1. The van der Waals surface area contributed by atoms with E-state index in [4.69, 9.17) is 27.8 Å². The van der Waals surface area contributed by atoms with E-state index in [0.717, 1.165) is 6.42 Å². The first-order valence-electron chi connectivity index (χ1n) is 8.78. The van der Waals surface area contributed by atoms with E-state index in [-0.39, 0.29) is 5.78 Å². The Kier molecular flexibility index (Phi) is 5.48. The minimum absolute atomic E-state index is 0.0526. The molecular weight excluding hydrogens is 356 g/mol. The molecule has 140 valence electrons. The summed E-state index contributed by atoms with van der Waals surface area (Å²) >= 11 is 6.38. The maximum Gasteiger partial charge on any atom is 0.312 e. The summed E-state index contributed by atoms with van der Waals surface area (Å²) in [6, 6.07) is 6.27. The van der Waals surface area contributed by atoms with Gasteiger partial charge in [0.2, 0.25) is 11.7 Å². The lowest BCUT2D eigenvalue weighted by atomic mass is 9.73. The Morgan fingerprint density at radius 1 is 1.46 bits per heavy atom. The number of carbonyl (C=O) groups is 2. The minimum atomic E-state index is -1.02. The highest BCUT2D eigenvalue weighted by Crippen LogP contribution is 2.44. The summed E-state index contributed by atoms with van der Waals surface area (Å²) in [6.07, 6.45) is 2.72. The van der Waals surface area contributed by atoms with Crippen LogP contribution in [-0.2, 0) is 15.1 Å². The lowest BCUT2D eigenvalue weighted by Crippen LogP contribution is -2.54. The van der Waals surface area contributed by atoms with Gasteiger partial charge in [0, 0.05) is 17.1 Å². The predicted octanol–water partition coefficient (Wildman–Crippen LogP) is 1.86. The predicted molar refractivity (Wildman–Crippen MR) is 99.1 cm³/mol. The van der Waals surface area contributed by atoms with E-state index in [0.29, 0.717) is 48.7 Å². The van der Waals surface area contributed by atoms with Gasteiger partial charge in [-0.1, -0.05) is 29.8 Å². The number of nitrogens with two attached hydrogens (primary N) is 2. The van der Waals surface area contributed by atoms with Crippen molar-refractivity contribution >= 4 is 29.3 Å². The van der Waals surface area contributed by atoms with Gasteiger partial charge in [-0.3, -0.25) is 4.79 Å². The first-order valence-corrected chi connectivity index (χ1v) is 9.16. The van der Waals surface area contributed by atoms with E-state index in [1.165, 1.54) is 0 Å². The van der Waals surface area contributed by atoms with Crippen molar-refractivity contribution in [1.29, 1.82) is 0 Å². The summed E-state index contributed by atoms with van der Waals surface area (Å²) in [5, 5.41) is 3.04. The van der Waals surface area contributed by atoms with Gasteiger partial charge in [-0.25, -0.2) is 9.79 Å². The van der Waals surface area contributed by atoms with E-state index in [1.807, 2.05) is 18.2 Å². The topological polar surface area (TPSA) is 120 Å². The van der Waals surface area contributed by atoms with Crippen LogP contribution in [0.25, 0.3) is 0 Å². The Hall–Kier alpha value is -2.12. The first kappa shape index (κ1) is 18.7. The van der Waals surface area contributed by atoms with Crippen molar-refractivity contribution < 1.29 is 14.3 Å². The van der Waals surface area contributed by atoms with E-state index in [2.05, 4.69) is 10.3 Å². The van der Waals surface area contributed by atoms with E-state index in [1.54, 1.807) is 6.07 Å². The molecule has 2 amide bonds. The maximum absolute atomic E-state index is 13.0. The van der Waals surface area contributed by atoms with Crippen LogP contribution in [0, 0.1) is 0 Å². The Morgan fingerprint density at radius 3 is 2.96 bits per heavy atom. The Morgan fingerprint density at radius 2 is 2.23 bits per heavy atom. The molecule has 2 aliphatic rings. The van der Waals surface area contributed by atoms with Crippen LogP contribution in [0.3, 0.4) is 0 Å². The number of urea groups is 1. The van der Waals surface area contributed by atoms with Gasteiger partial charge in [-0.05, 0) is 38.2 Å². The number of nitrogens with zero attached hydrogens (tertiary/aromatic N) is 1. The van der Waals surface area contributed by atoms with Crippen LogP contribution in [0.1, 0.15) is 37.7 Å². The Labute approximate surface area is 157 Å². The summed E-state index contributed by atoms with van der Waals surface area (Å²) in [4.78, 5) is 28.4. The lowest BCUT2D eigenvalue weighted by molar-refractivity contribution is -0.137. The first-order chi connectivity index (χ1) is 12.4. The molecule has 1 aromatic carbocycles. The highest BCUT2D eigenvalue weighted by molar-refractivity contribution is 6.32. The van der Waals surface area contributed by atoms with Crippen LogP contribution in [0.4, 0.5) is 4.79 Å². The van der Waals surface area contributed by atoms with Crippen molar-refractivity contribution in [2.24, 2.45) is 16.5 Å². The number of ether oxygens (including phenoxy) is 1. The number of fused-ring (bicyclic) bond motifs is 2. The SMILES string of the molecule is NC(=O)NCCCC(N)C1=N[C@]2(c3ccccc3Cl)CCC[C@H](O1)C2=O. The molecule has 1 aliphatic heterocycles. The molecule has 0 aromatic heterocycles. The molecule has 3 atom stereocenters. The second-order valence-corrected chi connectivity index (χ2v) is 7.10. The molecule has 1 unspecified atom stereocenters. The van der Waals surface area contributed by atoms with E-state index < -0.39 is 23.7 Å². The summed E-state index contributed by atoms with van der Waals surface area (Å²) < 4.78 is 5.82. The molecule has 5 N–H and O–H groups in total. The average molecular weight is 379 g/mol. The number of halogens is 1. The van der Waals surface area contributed by atoms with Crippen LogP contribution in [-0.4, -0.2) is 36.4 Å². The minimum Gasteiger partial charge on any atom is -0.468 e. The van der Waals surface area contributed by atoms with Crippen molar-refractivity contribution in [2.45, 2.75) is 49.8 Å². The van der Waals surface area contributed by atoms with Crippen LogP contribution >= 0.6 is 11.6 Å². The van der Waals surface area contributed by atoms with Crippen LogP contribution < -0.4 is 16.8 Å². The molecule has 0 spiro atoms. The number of aliphatic imine (C=N–C) groups is 1. The second-order valence-electron chi connectivity index (χ2n) is 6.69. The highest BCUT2D eigenvalue weighted by Gasteiger charge is 2.52. The summed E-state index contributed by atoms with van der Waals surface area (Å²) in [7, 11) is 0. The number of hydrogen-bond donors (Lipinski definition) is 3. The van der Waals surface area contributed by atoms with Gasteiger partial charge in [0.25, 0.3) is 0 Å². The van der Waals surface area contributed by atoms with Crippen molar-refractivity contribution in [2.75, 3.05) is 6.54 Å². The molecule has 8 heteroatoms. The quantitative estimate of drug-likeness (QED) is 0.654. The molecule has 1 saturated carbocycles. The smallest absolute Gasteiger partial charge is 0.312 e. The molecule has 7 nitrogen and oxygen atoms in total. The molecule has 1 heterocycles. The molecule has 26 heavy (non-hydrogen) atoms. The van der Waals surface area contributed by atoms with Crippen molar-refractivity contribution in [3.05, 3.63) is 34.9 Å². The Balaban J connectivity index is 1.85. The van der Waals surface area contributed by atoms with Gasteiger partial charge in [0.15, 0.2) is 11.6 Å². The molecular formula is C18H23ClN4O3. The fourth-order valence-electron chi connectivity index (χ4n) is 3.60. The number of ketones is 1. The molecule has 0 radical (unpaired) electrons. The number of primary amides is 1. The zero-order chi connectivity index (χ0) is 18.7. The zero-order valence-electron chi connectivity index (χ0n) is 14.4. The van der Waals surface area contributed by atoms with Gasteiger partial charge in [0.1, 0.15) is 0 Å². The third kappa shape index (κ3) is 3.54. The second kappa shape index (κ2) is 7.63. The standard InChI is InChI=1S/C18H23ClN4O3/c19-12-6-2-1-5-11(12)18-9-3-8-14(15(18)24)26-16(23-18)13(20)7-4-10-22-17(21)25/h1-2,5-6,13-14H,3-4,7-10,20H2,(H3,21,22,25)/t13?,14-,18-/m0/s1. The fraction of sp³-hybridized carbons (Fsp3) is 0.500. The average Bonchev–Trinajstić information content (AvgIpc) is 2.59. The molecule has 2 bridgehead atoms. The normalized spacial score (nSPS) is 25.8. The summed E-state index contributed by atoms with van der Waals surface area (Å²) in [5.41, 5.74) is 11.0. The number of nitrogens with one attached hydrogen (secondary N) is 1. The summed E-state index contributed by atoms with van der Waals surface area (Å²) in [5.74, 6) is 0.330. The largest absolute Gasteiger partial charge is 0.468 e. The number of amides is 2. The zero-order valence-corrected chi connectivity index (χ0v) is 15.2. The number of rotatable bonds is 6. The Bertz CT molecular complexity index is 739. The van der Waals surface area contributed by atoms with Crippen molar-refractivity contribution in [1.82, 2.24) is 5.32 Å². The van der Waals surface area contributed by atoms with E-state index in [9.17, 15) is 9.59 Å². The van der Waals surface area contributed by atoms with Gasteiger partial charge in [0.05, 0.1) is 6.04 Å². The van der Waals surface area contributed by atoms with Crippen molar-refractivity contribution in [3.63, 3.8) is 0 Å². The molecule has 1 fully saturated rings. The fourth-order valence-corrected chi connectivity index (χ4v) is 3.89. The molecule has 0 saturated heterocycles. The molecule has 1 aliphatic carbocycles. The number of Topliss-reactive ketones (excluding diaryl/α,β-unsaturated/α-hetero) is 1. The maximum atomic E-state index is 13.0. The number of hydrogen-bond acceptors (Lipinski definition) is 5. The van der Waals surface area contributed by atoms with Gasteiger partial charge < -0.3 is 21.5 Å². The van der Waals surface area contributed by atoms with Crippen LogP contribution in [0.5, 0.6) is 0 Å².